The second kappa shape index (κ2) is 3.41. The van der Waals surface area contributed by atoms with Gasteiger partial charge in [0.15, 0.2) is 0 Å². The van der Waals surface area contributed by atoms with Crippen LogP contribution < -0.4 is 5.73 Å². The van der Waals surface area contributed by atoms with Crippen LogP contribution in [-0.2, 0) is 0 Å². The molecule has 5 heteroatoms. The number of carbonyl (C=O) groups excluding carboxylic acids is 1. The molecule has 1 aromatic carbocycles. The quantitative estimate of drug-likeness (QED) is 0.766. The fraction of sp³-hybridized carbons (Fsp3) is 0. The summed E-state index contributed by atoms with van der Waals surface area (Å²) in [7, 11) is 0. The van der Waals surface area contributed by atoms with Crippen LogP contribution in [0.15, 0.2) is 16.6 Å². The van der Waals surface area contributed by atoms with Crippen molar-refractivity contribution in [3.05, 3.63) is 33.0 Å². The van der Waals surface area contributed by atoms with E-state index in [4.69, 9.17) is 17.3 Å². The Morgan fingerprint density at radius 2 is 2.17 bits per heavy atom. The molecule has 1 amide bonds. The van der Waals surface area contributed by atoms with Crippen LogP contribution in [0, 0.1) is 5.82 Å². The van der Waals surface area contributed by atoms with Gasteiger partial charge < -0.3 is 5.73 Å². The van der Waals surface area contributed by atoms with Crippen LogP contribution >= 0.6 is 27.5 Å². The lowest BCUT2D eigenvalue weighted by Crippen LogP contribution is -2.12. The SMILES string of the molecule is NC(=O)c1cc(Br)cc(F)c1Cl. The monoisotopic (exact) mass is 251 g/mol. The zero-order valence-electron chi connectivity index (χ0n) is 5.77. The first-order valence-corrected chi connectivity index (χ1v) is 4.14. The van der Waals surface area contributed by atoms with Crippen LogP contribution in [-0.4, -0.2) is 5.91 Å². The van der Waals surface area contributed by atoms with Crippen LogP contribution in [0.4, 0.5) is 4.39 Å². The van der Waals surface area contributed by atoms with Gasteiger partial charge >= 0.3 is 0 Å². The molecule has 0 bridgehead atoms. The summed E-state index contributed by atoms with van der Waals surface area (Å²) < 4.78 is 13.3. The molecule has 0 heterocycles. The lowest BCUT2D eigenvalue weighted by Gasteiger charge is -2.01. The molecule has 1 rings (SSSR count). The van der Waals surface area contributed by atoms with Gasteiger partial charge in [-0.15, -0.1) is 0 Å². The van der Waals surface area contributed by atoms with Gasteiger partial charge in [0.1, 0.15) is 5.82 Å². The van der Waals surface area contributed by atoms with E-state index in [9.17, 15) is 9.18 Å². The summed E-state index contributed by atoms with van der Waals surface area (Å²) in [6, 6.07) is 2.53. The molecule has 0 radical (unpaired) electrons. The number of hydrogen-bond donors (Lipinski definition) is 1. The van der Waals surface area contributed by atoms with Crippen molar-refractivity contribution in [2.75, 3.05) is 0 Å². The van der Waals surface area contributed by atoms with Crippen LogP contribution in [0.3, 0.4) is 0 Å². The largest absolute Gasteiger partial charge is 0.366 e. The van der Waals surface area contributed by atoms with E-state index in [1.54, 1.807) is 0 Å². The third-order valence-corrected chi connectivity index (χ3v) is 2.10. The standard InChI is InChI=1S/C7H4BrClFNO/c8-3-1-4(7(11)12)6(9)5(10)2-3/h1-2H,(H2,11,12). The number of halogens is 3. The number of carbonyl (C=O) groups is 1. The van der Waals surface area contributed by atoms with Crippen LogP contribution in [0.1, 0.15) is 10.4 Å². The molecule has 0 atom stereocenters. The van der Waals surface area contributed by atoms with Crippen molar-refractivity contribution in [1.29, 1.82) is 0 Å². The van der Waals surface area contributed by atoms with Gasteiger partial charge in [-0.05, 0) is 12.1 Å². The highest BCUT2D eigenvalue weighted by Gasteiger charge is 2.11. The molecule has 0 aromatic heterocycles. The predicted octanol–water partition coefficient (Wildman–Crippen LogP) is 2.34. The third kappa shape index (κ3) is 1.76. The fourth-order valence-electron chi connectivity index (χ4n) is 0.735. The van der Waals surface area contributed by atoms with E-state index in [0.29, 0.717) is 4.47 Å². The van der Waals surface area contributed by atoms with Gasteiger partial charge in [-0.1, -0.05) is 27.5 Å². The highest BCUT2D eigenvalue weighted by Crippen LogP contribution is 2.24. The normalized spacial score (nSPS) is 9.92. The summed E-state index contributed by atoms with van der Waals surface area (Å²) >= 11 is 8.47. The summed E-state index contributed by atoms with van der Waals surface area (Å²) in [5.74, 6) is -1.42. The molecule has 1 aromatic rings. The van der Waals surface area contributed by atoms with Gasteiger partial charge in [-0.3, -0.25) is 4.79 Å². The van der Waals surface area contributed by atoms with E-state index in [2.05, 4.69) is 15.9 Å². The maximum absolute atomic E-state index is 12.8. The van der Waals surface area contributed by atoms with Crippen molar-refractivity contribution in [1.82, 2.24) is 0 Å². The van der Waals surface area contributed by atoms with Crippen LogP contribution in [0.5, 0.6) is 0 Å². The first-order chi connectivity index (χ1) is 5.52. The number of amides is 1. The Bertz CT molecular complexity index is 342. The van der Waals surface area contributed by atoms with Crippen molar-refractivity contribution in [2.24, 2.45) is 5.73 Å². The third-order valence-electron chi connectivity index (χ3n) is 1.26. The number of nitrogens with two attached hydrogens (primary N) is 1. The maximum atomic E-state index is 12.8. The highest BCUT2D eigenvalue weighted by molar-refractivity contribution is 9.10. The van der Waals surface area contributed by atoms with Gasteiger partial charge in [0.25, 0.3) is 0 Å². The summed E-state index contributed by atoms with van der Waals surface area (Å²) in [6.07, 6.45) is 0. The summed E-state index contributed by atoms with van der Waals surface area (Å²) in [4.78, 5) is 10.7. The Morgan fingerprint density at radius 1 is 1.58 bits per heavy atom. The van der Waals surface area contributed by atoms with Crippen molar-refractivity contribution < 1.29 is 9.18 Å². The summed E-state index contributed by atoms with van der Waals surface area (Å²) in [5.41, 5.74) is 4.92. The molecule has 0 fully saturated rings. The Kier molecular flexibility index (Phi) is 2.69. The molecule has 0 aliphatic heterocycles. The van der Waals surface area contributed by atoms with E-state index in [1.807, 2.05) is 0 Å². The van der Waals surface area contributed by atoms with Gasteiger partial charge in [-0.25, -0.2) is 4.39 Å². The van der Waals surface area contributed by atoms with Crippen LogP contribution in [0.2, 0.25) is 5.02 Å². The molecule has 2 N–H and O–H groups in total. The molecule has 2 nitrogen and oxygen atoms in total. The van der Waals surface area contributed by atoms with Crippen molar-refractivity contribution >= 4 is 33.4 Å². The van der Waals surface area contributed by atoms with Crippen molar-refractivity contribution in [3.63, 3.8) is 0 Å². The highest BCUT2D eigenvalue weighted by atomic mass is 79.9. The molecule has 64 valence electrons. The number of rotatable bonds is 1. The van der Waals surface area contributed by atoms with E-state index in [-0.39, 0.29) is 10.6 Å². The predicted molar refractivity (Wildman–Crippen MR) is 47.6 cm³/mol. The van der Waals surface area contributed by atoms with Crippen molar-refractivity contribution in [2.45, 2.75) is 0 Å². The van der Waals surface area contributed by atoms with Gasteiger partial charge in [-0.2, -0.15) is 0 Å². The fourth-order valence-corrected chi connectivity index (χ4v) is 1.37. The first-order valence-electron chi connectivity index (χ1n) is 2.96. The van der Waals surface area contributed by atoms with Crippen molar-refractivity contribution in [3.8, 4) is 0 Å². The van der Waals surface area contributed by atoms with Gasteiger partial charge in [0.05, 0.1) is 10.6 Å². The second-order valence-electron chi connectivity index (χ2n) is 2.11. The Hall–Kier alpha value is -0.610. The minimum atomic E-state index is -0.750. The summed E-state index contributed by atoms with van der Waals surface area (Å²) in [6.45, 7) is 0. The molecule has 0 aliphatic carbocycles. The zero-order chi connectivity index (χ0) is 9.30. The van der Waals surface area contributed by atoms with E-state index < -0.39 is 11.7 Å². The van der Waals surface area contributed by atoms with Gasteiger partial charge in [0.2, 0.25) is 5.91 Å². The zero-order valence-corrected chi connectivity index (χ0v) is 8.12. The minimum Gasteiger partial charge on any atom is -0.366 e. The molecule has 12 heavy (non-hydrogen) atoms. The number of hydrogen-bond acceptors (Lipinski definition) is 1. The van der Waals surface area contributed by atoms with E-state index in [0.717, 1.165) is 6.07 Å². The molecule has 0 saturated heterocycles. The number of benzene rings is 1. The average molecular weight is 252 g/mol. The molecular formula is C7H4BrClFNO. The lowest BCUT2D eigenvalue weighted by molar-refractivity contribution is 0.1000. The average Bonchev–Trinajstić information content (AvgIpc) is 1.96. The molecule has 0 unspecified atom stereocenters. The Balaban J connectivity index is 3.37. The molecule has 0 saturated carbocycles. The first kappa shape index (κ1) is 9.48. The lowest BCUT2D eigenvalue weighted by atomic mass is 10.2. The smallest absolute Gasteiger partial charge is 0.250 e. The van der Waals surface area contributed by atoms with Gasteiger partial charge in [0, 0.05) is 4.47 Å². The minimum absolute atomic E-state index is 0.0245. The Morgan fingerprint density at radius 3 is 2.67 bits per heavy atom. The summed E-state index contributed by atoms with van der Waals surface area (Å²) in [5, 5.41) is -0.245. The van der Waals surface area contributed by atoms with E-state index in [1.165, 1.54) is 6.07 Å². The van der Waals surface area contributed by atoms with Crippen LogP contribution in [0.25, 0.3) is 0 Å². The molecular weight excluding hydrogens is 248 g/mol. The number of primary amides is 1. The second-order valence-corrected chi connectivity index (χ2v) is 3.41. The maximum Gasteiger partial charge on any atom is 0.250 e. The van der Waals surface area contributed by atoms with E-state index >= 15 is 0 Å². The molecule has 0 spiro atoms. The Labute approximate surface area is 81.6 Å². The molecule has 0 aliphatic rings. The topological polar surface area (TPSA) is 43.1 Å².